The van der Waals surface area contributed by atoms with Crippen molar-refractivity contribution in [3.63, 3.8) is 0 Å². The average Bonchev–Trinajstić information content (AvgIpc) is 2.23. The van der Waals surface area contributed by atoms with Crippen molar-refractivity contribution >= 4 is 11.5 Å². The predicted octanol–water partition coefficient (Wildman–Crippen LogP) is 0.382. The quantitative estimate of drug-likeness (QED) is 0.675. The van der Waals surface area contributed by atoms with E-state index < -0.39 is 0 Å². The minimum atomic E-state index is 0.767. The molecular formula is C10H16N4. The first-order chi connectivity index (χ1) is 6.77. The molecule has 0 atom stereocenters. The van der Waals surface area contributed by atoms with Gasteiger partial charge in [-0.05, 0) is 19.1 Å². The van der Waals surface area contributed by atoms with Gasteiger partial charge in [-0.2, -0.15) is 0 Å². The van der Waals surface area contributed by atoms with Crippen LogP contribution in [-0.4, -0.2) is 31.2 Å². The summed E-state index contributed by atoms with van der Waals surface area (Å²) in [5.74, 6) is 1.04. The van der Waals surface area contributed by atoms with Gasteiger partial charge in [0.25, 0.3) is 0 Å². The minimum absolute atomic E-state index is 0.767. The number of nitrogens with two attached hydrogens (primary N) is 1. The molecule has 1 fully saturated rings. The van der Waals surface area contributed by atoms with E-state index in [1.54, 1.807) is 0 Å². The van der Waals surface area contributed by atoms with Crippen LogP contribution in [0.2, 0.25) is 0 Å². The molecule has 2 heterocycles. The first-order valence-electron chi connectivity index (χ1n) is 4.96. The fraction of sp³-hybridized carbons (Fsp3) is 0.500. The normalized spacial score (nSPS) is 17.1. The van der Waals surface area contributed by atoms with Gasteiger partial charge in [-0.25, -0.2) is 4.98 Å². The molecule has 0 aliphatic carbocycles. The van der Waals surface area contributed by atoms with Gasteiger partial charge in [0.2, 0.25) is 0 Å². The number of pyridine rings is 1. The largest absolute Gasteiger partial charge is 0.397 e. The Balaban J connectivity index is 2.18. The Hall–Kier alpha value is -1.29. The summed E-state index contributed by atoms with van der Waals surface area (Å²) in [6.45, 7) is 6.06. The fourth-order valence-corrected chi connectivity index (χ4v) is 1.63. The Morgan fingerprint density at radius 2 is 2.07 bits per heavy atom. The Morgan fingerprint density at radius 1 is 1.36 bits per heavy atom. The topological polar surface area (TPSA) is 54.2 Å². The average molecular weight is 192 g/mol. The van der Waals surface area contributed by atoms with Crippen LogP contribution in [0.1, 0.15) is 5.69 Å². The standard InChI is InChI=1S/C10H16N4/c1-8-9(11)2-3-10(13-8)14-6-4-12-5-7-14/h2-3,12H,4-7,11H2,1H3. The Kier molecular flexibility index (Phi) is 2.54. The van der Waals surface area contributed by atoms with Gasteiger partial charge in [0.05, 0.1) is 11.4 Å². The van der Waals surface area contributed by atoms with E-state index in [1.165, 1.54) is 0 Å². The van der Waals surface area contributed by atoms with Crippen LogP contribution in [0.3, 0.4) is 0 Å². The molecule has 0 amide bonds. The van der Waals surface area contributed by atoms with E-state index in [-0.39, 0.29) is 0 Å². The zero-order chi connectivity index (χ0) is 9.97. The lowest BCUT2D eigenvalue weighted by Crippen LogP contribution is -2.43. The van der Waals surface area contributed by atoms with E-state index in [1.807, 2.05) is 19.1 Å². The van der Waals surface area contributed by atoms with Gasteiger partial charge >= 0.3 is 0 Å². The highest BCUT2D eigenvalue weighted by atomic mass is 15.2. The van der Waals surface area contributed by atoms with E-state index >= 15 is 0 Å². The summed E-state index contributed by atoms with van der Waals surface area (Å²) in [7, 11) is 0. The van der Waals surface area contributed by atoms with Gasteiger partial charge in [0.15, 0.2) is 0 Å². The van der Waals surface area contributed by atoms with Crippen LogP contribution in [0.5, 0.6) is 0 Å². The molecule has 4 heteroatoms. The Morgan fingerprint density at radius 3 is 2.71 bits per heavy atom. The number of rotatable bonds is 1. The molecule has 1 aliphatic rings. The summed E-state index contributed by atoms with van der Waals surface area (Å²) in [6.07, 6.45) is 0. The number of nitrogens with zero attached hydrogens (tertiary/aromatic N) is 2. The van der Waals surface area contributed by atoms with E-state index in [9.17, 15) is 0 Å². The third-order valence-electron chi connectivity index (χ3n) is 2.55. The lowest BCUT2D eigenvalue weighted by Gasteiger charge is -2.28. The monoisotopic (exact) mass is 192 g/mol. The molecule has 0 saturated carbocycles. The highest BCUT2D eigenvalue weighted by Gasteiger charge is 2.11. The zero-order valence-electron chi connectivity index (χ0n) is 8.45. The SMILES string of the molecule is Cc1nc(N2CCNCC2)ccc1N. The first-order valence-corrected chi connectivity index (χ1v) is 4.96. The van der Waals surface area contributed by atoms with Crippen molar-refractivity contribution in [1.82, 2.24) is 10.3 Å². The second kappa shape index (κ2) is 3.84. The van der Waals surface area contributed by atoms with Crippen molar-refractivity contribution in [1.29, 1.82) is 0 Å². The van der Waals surface area contributed by atoms with Crippen LogP contribution < -0.4 is 16.0 Å². The van der Waals surface area contributed by atoms with Crippen molar-refractivity contribution in [2.75, 3.05) is 36.8 Å². The van der Waals surface area contributed by atoms with Gasteiger partial charge in [-0.15, -0.1) is 0 Å². The minimum Gasteiger partial charge on any atom is -0.397 e. The third kappa shape index (κ3) is 1.80. The molecular weight excluding hydrogens is 176 g/mol. The first kappa shape index (κ1) is 9.27. The number of piperazine rings is 1. The number of hydrogen-bond donors (Lipinski definition) is 2. The zero-order valence-corrected chi connectivity index (χ0v) is 8.45. The molecule has 1 saturated heterocycles. The maximum Gasteiger partial charge on any atom is 0.129 e. The van der Waals surface area contributed by atoms with Gasteiger partial charge in [0, 0.05) is 26.2 Å². The number of aromatic nitrogens is 1. The predicted molar refractivity (Wildman–Crippen MR) is 58.5 cm³/mol. The third-order valence-corrected chi connectivity index (χ3v) is 2.55. The molecule has 0 unspecified atom stereocenters. The van der Waals surface area contributed by atoms with Crippen LogP contribution in [0, 0.1) is 6.92 Å². The van der Waals surface area contributed by atoms with Crippen molar-refractivity contribution in [2.24, 2.45) is 0 Å². The lowest BCUT2D eigenvalue weighted by atomic mass is 10.3. The molecule has 14 heavy (non-hydrogen) atoms. The van der Waals surface area contributed by atoms with E-state index in [0.29, 0.717) is 0 Å². The van der Waals surface area contributed by atoms with Crippen molar-refractivity contribution in [3.05, 3.63) is 17.8 Å². The van der Waals surface area contributed by atoms with E-state index in [2.05, 4.69) is 15.2 Å². The summed E-state index contributed by atoms with van der Waals surface area (Å²) in [5.41, 5.74) is 7.41. The Bertz CT molecular complexity index is 318. The molecule has 0 spiro atoms. The number of nitrogen functional groups attached to an aromatic ring is 1. The molecule has 1 aromatic heterocycles. The van der Waals surface area contributed by atoms with Crippen LogP contribution in [0.4, 0.5) is 11.5 Å². The van der Waals surface area contributed by atoms with Crippen molar-refractivity contribution in [2.45, 2.75) is 6.92 Å². The van der Waals surface area contributed by atoms with Crippen LogP contribution >= 0.6 is 0 Å². The molecule has 0 bridgehead atoms. The van der Waals surface area contributed by atoms with Crippen LogP contribution in [0.25, 0.3) is 0 Å². The summed E-state index contributed by atoms with van der Waals surface area (Å²) in [6, 6.07) is 3.92. The van der Waals surface area contributed by atoms with E-state index in [0.717, 1.165) is 43.4 Å². The molecule has 1 aliphatic heterocycles. The number of nitrogens with one attached hydrogen (secondary N) is 1. The molecule has 0 radical (unpaired) electrons. The summed E-state index contributed by atoms with van der Waals surface area (Å²) < 4.78 is 0. The Labute approximate surface area is 84.1 Å². The van der Waals surface area contributed by atoms with Gasteiger partial charge < -0.3 is 16.0 Å². The molecule has 1 aromatic rings. The van der Waals surface area contributed by atoms with Crippen molar-refractivity contribution < 1.29 is 0 Å². The number of aryl methyl sites for hydroxylation is 1. The van der Waals surface area contributed by atoms with Gasteiger partial charge in [0.1, 0.15) is 5.82 Å². The van der Waals surface area contributed by atoms with Crippen molar-refractivity contribution in [3.8, 4) is 0 Å². The number of hydrogen-bond acceptors (Lipinski definition) is 4. The smallest absolute Gasteiger partial charge is 0.129 e. The highest BCUT2D eigenvalue weighted by molar-refractivity contribution is 5.50. The maximum atomic E-state index is 5.72. The molecule has 0 aromatic carbocycles. The molecule has 76 valence electrons. The van der Waals surface area contributed by atoms with Crippen LogP contribution in [-0.2, 0) is 0 Å². The van der Waals surface area contributed by atoms with Gasteiger partial charge in [-0.3, -0.25) is 0 Å². The molecule has 4 nitrogen and oxygen atoms in total. The molecule has 2 rings (SSSR count). The summed E-state index contributed by atoms with van der Waals surface area (Å²) >= 11 is 0. The fourth-order valence-electron chi connectivity index (χ4n) is 1.63. The summed E-state index contributed by atoms with van der Waals surface area (Å²) in [4.78, 5) is 6.75. The second-order valence-electron chi connectivity index (χ2n) is 3.58. The summed E-state index contributed by atoms with van der Waals surface area (Å²) in [5, 5.41) is 3.32. The molecule has 3 N–H and O–H groups in total. The maximum absolute atomic E-state index is 5.72. The van der Waals surface area contributed by atoms with E-state index in [4.69, 9.17) is 5.73 Å². The van der Waals surface area contributed by atoms with Gasteiger partial charge in [-0.1, -0.05) is 0 Å². The number of anilines is 2. The van der Waals surface area contributed by atoms with Crippen LogP contribution in [0.15, 0.2) is 12.1 Å². The second-order valence-corrected chi connectivity index (χ2v) is 3.58. The highest BCUT2D eigenvalue weighted by Crippen LogP contribution is 2.16. The lowest BCUT2D eigenvalue weighted by molar-refractivity contribution is 0.584.